The van der Waals surface area contributed by atoms with Crippen molar-refractivity contribution in [1.29, 1.82) is 0 Å². The van der Waals surface area contributed by atoms with Gasteiger partial charge < -0.3 is 9.64 Å². The molecule has 1 unspecified atom stereocenters. The van der Waals surface area contributed by atoms with Gasteiger partial charge in [-0.3, -0.25) is 14.6 Å². The van der Waals surface area contributed by atoms with Gasteiger partial charge in [-0.15, -0.1) is 0 Å². The second kappa shape index (κ2) is 6.22. The molecule has 0 saturated carbocycles. The van der Waals surface area contributed by atoms with Gasteiger partial charge in [0.15, 0.2) is 0 Å². The number of amides is 1. The molecule has 1 fully saturated rings. The average molecular weight is 297 g/mol. The van der Waals surface area contributed by atoms with Gasteiger partial charge in [-0.2, -0.15) is 0 Å². The van der Waals surface area contributed by atoms with Crippen molar-refractivity contribution in [3.63, 3.8) is 0 Å². The number of aryl methyl sites for hydroxylation is 1. The zero-order valence-corrected chi connectivity index (χ0v) is 12.3. The Balaban J connectivity index is 2.14. The van der Waals surface area contributed by atoms with Crippen molar-refractivity contribution in [3.8, 4) is 0 Å². The number of halogens is 1. The topological polar surface area (TPSA) is 59.5 Å². The molecule has 2 rings (SSSR count). The van der Waals surface area contributed by atoms with Crippen LogP contribution in [0.2, 0.25) is 5.02 Å². The van der Waals surface area contributed by atoms with E-state index in [1.807, 2.05) is 6.92 Å². The van der Waals surface area contributed by atoms with Crippen LogP contribution in [0.3, 0.4) is 0 Å². The number of likely N-dealkylation sites (tertiary alicyclic amines) is 1. The lowest BCUT2D eigenvalue weighted by Crippen LogP contribution is -2.42. The largest absolute Gasteiger partial charge is 0.469 e. The summed E-state index contributed by atoms with van der Waals surface area (Å²) in [6.07, 6.45) is 3.01. The summed E-state index contributed by atoms with van der Waals surface area (Å²) in [6.45, 7) is 2.81. The third-order valence-corrected chi connectivity index (χ3v) is 3.78. The smallest absolute Gasteiger partial charge is 0.310 e. The minimum absolute atomic E-state index is 0.184. The molecule has 20 heavy (non-hydrogen) atoms. The second-order valence-electron chi connectivity index (χ2n) is 4.92. The van der Waals surface area contributed by atoms with E-state index >= 15 is 0 Å². The third-order valence-electron chi connectivity index (χ3n) is 3.46. The lowest BCUT2D eigenvalue weighted by Gasteiger charge is -2.31. The Kier molecular flexibility index (Phi) is 4.60. The van der Waals surface area contributed by atoms with Gasteiger partial charge in [-0.1, -0.05) is 11.6 Å². The van der Waals surface area contributed by atoms with E-state index in [4.69, 9.17) is 16.3 Å². The van der Waals surface area contributed by atoms with Crippen molar-refractivity contribution in [2.75, 3.05) is 20.2 Å². The molecule has 2 heterocycles. The zero-order chi connectivity index (χ0) is 14.7. The minimum Gasteiger partial charge on any atom is -0.469 e. The van der Waals surface area contributed by atoms with E-state index in [9.17, 15) is 9.59 Å². The van der Waals surface area contributed by atoms with Crippen LogP contribution in [-0.4, -0.2) is 42.0 Å². The molecule has 0 spiro atoms. The molecule has 1 aliphatic rings. The number of hydrogen-bond acceptors (Lipinski definition) is 4. The van der Waals surface area contributed by atoms with Crippen LogP contribution in [0.15, 0.2) is 12.3 Å². The molecule has 108 valence electrons. The maximum Gasteiger partial charge on any atom is 0.310 e. The highest BCUT2D eigenvalue weighted by atomic mass is 35.5. The van der Waals surface area contributed by atoms with Crippen LogP contribution in [0.5, 0.6) is 0 Å². The monoisotopic (exact) mass is 296 g/mol. The summed E-state index contributed by atoms with van der Waals surface area (Å²) in [4.78, 5) is 29.8. The number of aromatic nitrogens is 1. The Bertz CT molecular complexity index is 533. The molecule has 0 bridgehead atoms. The molecule has 6 heteroatoms. The quantitative estimate of drug-likeness (QED) is 0.784. The first-order valence-corrected chi connectivity index (χ1v) is 6.90. The number of carbonyl (C=O) groups excluding carboxylic acids is 2. The molecule has 0 N–H and O–H groups in total. The van der Waals surface area contributed by atoms with Crippen molar-refractivity contribution in [1.82, 2.24) is 9.88 Å². The SMILES string of the molecule is COC(=O)C1CCCN(C(=O)c2cnc(C)cc2Cl)C1. The average Bonchev–Trinajstić information content (AvgIpc) is 2.46. The predicted octanol–water partition coefficient (Wildman–Crippen LogP) is 2.07. The summed E-state index contributed by atoms with van der Waals surface area (Å²) in [5.74, 6) is -0.707. The number of methoxy groups -OCH3 is 1. The van der Waals surface area contributed by atoms with E-state index < -0.39 is 0 Å². The molecular formula is C14H17ClN2O3. The van der Waals surface area contributed by atoms with Gasteiger partial charge >= 0.3 is 5.97 Å². The van der Waals surface area contributed by atoms with Crippen molar-refractivity contribution >= 4 is 23.5 Å². The number of nitrogens with zero attached hydrogens (tertiary/aromatic N) is 2. The van der Waals surface area contributed by atoms with Crippen molar-refractivity contribution in [3.05, 3.63) is 28.5 Å². The Morgan fingerprint density at radius 2 is 2.25 bits per heavy atom. The maximum absolute atomic E-state index is 12.4. The van der Waals surface area contributed by atoms with Crippen LogP contribution in [0.25, 0.3) is 0 Å². The number of carbonyl (C=O) groups is 2. The minimum atomic E-state index is -0.268. The van der Waals surface area contributed by atoms with E-state index in [1.54, 1.807) is 11.0 Å². The number of piperidine rings is 1. The highest BCUT2D eigenvalue weighted by Crippen LogP contribution is 2.23. The Labute approximate surface area is 122 Å². The Morgan fingerprint density at radius 1 is 1.50 bits per heavy atom. The zero-order valence-electron chi connectivity index (χ0n) is 11.6. The number of esters is 1. The van der Waals surface area contributed by atoms with Crippen LogP contribution in [0, 0.1) is 12.8 Å². The summed E-state index contributed by atoms with van der Waals surface area (Å²) < 4.78 is 4.75. The van der Waals surface area contributed by atoms with Gasteiger partial charge in [0.05, 0.1) is 23.6 Å². The highest BCUT2D eigenvalue weighted by molar-refractivity contribution is 6.33. The first-order chi connectivity index (χ1) is 9.52. The van der Waals surface area contributed by atoms with Crippen molar-refractivity contribution in [2.45, 2.75) is 19.8 Å². The van der Waals surface area contributed by atoms with E-state index in [0.29, 0.717) is 23.7 Å². The summed E-state index contributed by atoms with van der Waals surface area (Å²) >= 11 is 6.09. The lowest BCUT2D eigenvalue weighted by atomic mass is 9.97. The van der Waals surface area contributed by atoms with Crippen LogP contribution in [0.4, 0.5) is 0 Å². The summed E-state index contributed by atoms with van der Waals surface area (Å²) in [5.41, 5.74) is 1.14. The molecule has 0 aliphatic carbocycles. The number of pyridine rings is 1. The van der Waals surface area contributed by atoms with Crippen molar-refractivity contribution in [2.24, 2.45) is 5.92 Å². The fourth-order valence-electron chi connectivity index (χ4n) is 2.37. The number of rotatable bonds is 2. The molecule has 1 saturated heterocycles. The summed E-state index contributed by atoms with van der Waals surface area (Å²) in [7, 11) is 1.36. The van der Waals surface area contributed by atoms with Gasteiger partial charge in [-0.25, -0.2) is 0 Å². The molecule has 0 radical (unpaired) electrons. The van der Waals surface area contributed by atoms with Gasteiger partial charge in [0.25, 0.3) is 5.91 Å². The van der Waals surface area contributed by atoms with Crippen LogP contribution in [0.1, 0.15) is 28.9 Å². The molecule has 5 nitrogen and oxygen atoms in total. The van der Waals surface area contributed by atoms with Crippen LogP contribution >= 0.6 is 11.6 Å². The molecule has 0 aromatic carbocycles. The highest BCUT2D eigenvalue weighted by Gasteiger charge is 2.30. The predicted molar refractivity (Wildman–Crippen MR) is 74.6 cm³/mol. The molecule has 1 atom stereocenters. The third kappa shape index (κ3) is 3.10. The van der Waals surface area contributed by atoms with E-state index in [2.05, 4.69) is 4.98 Å². The summed E-state index contributed by atoms with van der Waals surface area (Å²) in [6, 6.07) is 1.66. The van der Waals surface area contributed by atoms with Gasteiger partial charge in [0.2, 0.25) is 0 Å². The number of ether oxygens (including phenoxy) is 1. The van der Waals surface area contributed by atoms with E-state index in [-0.39, 0.29) is 17.8 Å². The normalized spacial score (nSPS) is 18.8. The molecule has 1 aromatic rings. The summed E-state index contributed by atoms with van der Waals surface area (Å²) in [5, 5.41) is 0.391. The van der Waals surface area contributed by atoms with Crippen molar-refractivity contribution < 1.29 is 14.3 Å². The fraction of sp³-hybridized carbons (Fsp3) is 0.500. The molecule has 1 amide bonds. The molecular weight excluding hydrogens is 280 g/mol. The van der Waals surface area contributed by atoms with E-state index in [0.717, 1.165) is 18.5 Å². The van der Waals surface area contributed by atoms with Gasteiger partial charge in [0, 0.05) is 25.0 Å². The maximum atomic E-state index is 12.4. The number of hydrogen-bond donors (Lipinski definition) is 0. The standard InChI is InChI=1S/C14H17ClN2O3/c1-9-6-12(15)11(7-16-9)13(18)17-5-3-4-10(8-17)14(19)20-2/h6-7,10H,3-5,8H2,1-2H3. The first-order valence-electron chi connectivity index (χ1n) is 6.52. The fourth-order valence-corrected chi connectivity index (χ4v) is 2.66. The van der Waals surface area contributed by atoms with Gasteiger partial charge in [-0.05, 0) is 25.8 Å². The molecule has 1 aromatic heterocycles. The Hall–Kier alpha value is -1.62. The first kappa shape index (κ1) is 14.8. The second-order valence-corrected chi connectivity index (χ2v) is 5.33. The van der Waals surface area contributed by atoms with Crippen LogP contribution < -0.4 is 0 Å². The van der Waals surface area contributed by atoms with Gasteiger partial charge in [0.1, 0.15) is 0 Å². The molecule has 1 aliphatic heterocycles. The van der Waals surface area contributed by atoms with Crippen LogP contribution in [-0.2, 0) is 9.53 Å². The van der Waals surface area contributed by atoms with E-state index in [1.165, 1.54) is 13.3 Å². The lowest BCUT2D eigenvalue weighted by molar-refractivity contribution is -0.146. The Morgan fingerprint density at radius 3 is 2.90 bits per heavy atom.